The molecule has 0 spiro atoms. The molecular formula is C21H24N2O7. The molecule has 1 aliphatic carbocycles. The Labute approximate surface area is 174 Å². The Balaban J connectivity index is 1.55. The predicted octanol–water partition coefficient (Wildman–Crippen LogP) is 1.53. The number of carbonyl (C=O) groups is 4. The second kappa shape index (κ2) is 8.98. The summed E-state index contributed by atoms with van der Waals surface area (Å²) in [4.78, 5) is 50.6. The third-order valence-corrected chi connectivity index (χ3v) is 5.28. The number of esters is 1. The molecule has 0 radical (unpaired) electrons. The third kappa shape index (κ3) is 4.14. The van der Waals surface area contributed by atoms with Gasteiger partial charge in [-0.1, -0.05) is 12.2 Å². The number of hydrogen-bond acceptors (Lipinski definition) is 7. The maximum atomic E-state index is 12.6. The fourth-order valence-electron chi connectivity index (χ4n) is 3.68. The highest BCUT2D eigenvalue weighted by Crippen LogP contribution is 2.36. The van der Waals surface area contributed by atoms with Crippen LogP contribution in [0.15, 0.2) is 30.4 Å². The number of nitrogens with one attached hydrogen (secondary N) is 1. The molecule has 0 aromatic heterocycles. The number of benzene rings is 1. The first kappa shape index (κ1) is 21.4. The van der Waals surface area contributed by atoms with Crippen LogP contribution in [0, 0.1) is 11.8 Å². The van der Waals surface area contributed by atoms with Gasteiger partial charge in [-0.2, -0.15) is 0 Å². The summed E-state index contributed by atoms with van der Waals surface area (Å²) in [6.07, 6.45) is 4.72. The molecule has 3 rings (SSSR count). The van der Waals surface area contributed by atoms with Crippen LogP contribution in [0.25, 0.3) is 0 Å². The molecule has 9 nitrogen and oxygen atoms in total. The smallest absolute Gasteiger partial charge is 0.329 e. The quantitative estimate of drug-likeness (QED) is 0.408. The minimum Gasteiger partial charge on any atom is -0.493 e. The van der Waals surface area contributed by atoms with Gasteiger partial charge in [0.25, 0.3) is 5.91 Å². The summed E-state index contributed by atoms with van der Waals surface area (Å²) in [6.45, 7) is 0.872. The Bertz CT molecular complexity index is 869. The van der Waals surface area contributed by atoms with E-state index in [1.54, 1.807) is 18.2 Å². The molecule has 2 aliphatic rings. The normalized spacial score (nSPS) is 21.1. The molecule has 1 aromatic rings. The minimum atomic E-state index is -1.09. The molecule has 1 heterocycles. The zero-order valence-corrected chi connectivity index (χ0v) is 17.0. The lowest BCUT2D eigenvalue weighted by Crippen LogP contribution is -2.45. The number of anilines is 1. The highest BCUT2D eigenvalue weighted by atomic mass is 16.5. The second-order valence-electron chi connectivity index (χ2n) is 7.10. The average molecular weight is 416 g/mol. The molecule has 1 aliphatic heterocycles. The van der Waals surface area contributed by atoms with Crippen LogP contribution in [-0.2, 0) is 23.9 Å². The van der Waals surface area contributed by atoms with E-state index < -0.39 is 36.4 Å². The molecule has 1 saturated heterocycles. The summed E-state index contributed by atoms with van der Waals surface area (Å²) in [7, 11) is 2.97. The zero-order valence-electron chi connectivity index (χ0n) is 17.0. The van der Waals surface area contributed by atoms with Crippen molar-refractivity contribution in [2.45, 2.75) is 25.8 Å². The number of rotatable bonds is 7. The number of hydrogen-bond donors (Lipinski definition) is 1. The first-order chi connectivity index (χ1) is 14.4. The first-order valence-corrected chi connectivity index (χ1v) is 9.57. The lowest BCUT2D eigenvalue weighted by atomic mass is 9.85. The number of amides is 3. The van der Waals surface area contributed by atoms with Crippen molar-refractivity contribution >= 4 is 29.4 Å². The lowest BCUT2D eigenvalue weighted by Gasteiger charge is -2.21. The monoisotopic (exact) mass is 416 g/mol. The van der Waals surface area contributed by atoms with Gasteiger partial charge in [0.1, 0.15) is 6.04 Å². The van der Waals surface area contributed by atoms with Gasteiger partial charge >= 0.3 is 5.97 Å². The summed E-state index contributed by atoms with van der Waals surface area (Å²) >= 11 is 0. The van der Waals surface area contributed by atoms with Gasteiger partial charge in [-0.15, -0.1) is 0 Å². The van der Waals surface area contributed by atoms with Crippen LogP contribution in [0.1, 0.15) is 19.8 Å². The van der Waals surface area contributed by atoms with E-state index in [0.29, 0.717) is 30.0 Å². The molecule has 3 amide bonds. The van der Waals surface area contributed by atoms with Crippen LogP contribution >= 0.6 is 0 Å². The van der Waals surface area contributed by atoms with E-state index in [2.05, 4.69) is 5.32 Å². The molecule has 160 valence electrons. The maximum absolute atomic E-state index is 12.6. The number of likely N-dealkylation sites (tertiary alicyclic amines) is 1. The molecule has 0 bridgehead atoms. The van der Waals surface area contributed by atoms with Crippen molar-refractivity contribution in [1.82, 2.24) is 4.90 Å². The second-order valence-corrected chi connectivity index (χ2v) is 7.10. The van der Waals surface area contributed by atoms with Crippen molar-refractivity contribution < 1.29 is 33.4 Å². The van der Waals surface area contributed by atoms with Crippen molar-refractivity contribution in [3.63, 3.8) is 0 Å². The number of nitrogens with zero attached hydrogens (tertiary/aromatic N) is 1. The molecule has 1 aromatic carbocycles. The van der Waals surface area contributed by atoms with Crippen molar-refractivity contribution in [3.05, 3.63) is 30.4 Å². The van der Waals surface area contributed by atoms with Crippen molar-refractivity contribution in [2.24, 2.45) is 11.8 Å². The van der Waals surface area contributed by atoms with Gasteiger partial charge < -0.3 is 19.5 Å². The van der Waals surface area contributed by atoms with Crippen molar-refractivity contribution in [2.75, 3.05) is 26.1 Å². The van der Waals surface area contributed by atoms with E-state index in [-0.39, 0.29) is 11.8 Å². The molecule has 1 fully saturated rings. The first-order valence-electron chi connectivity index (χ1n) is 9.57. The Kier molecular flexibility index (Phi) is 6.39. The van der Waals surface area contributed by atoms with Crippen LogP contribution in [0.5, 0.6) is 11.5 Å². The van der Waals surface area contributed by atoms with Gasteiger partial charge in [-0.25, -0.2) is 4.79 Å². The maximum Gasteiger partial charge on any atom is 0.329 e. The van der Waals surface area contributed by atoms with Gasteiger partial charge in [-0.3, -0.25) is 19.3 Å². The van der Waals surface area contributed by atoms with Crippen LogP contribution < -0.4 is 14.8 Å². The van der Waals surface area contributed by atoms with Gasteiger partial charge in [0, 0.05) is 11.8 Å². The summed E-state index contributed by atoms with van der Waals surface area (Å²) in [5, 5.41) is 2.58. The number of methoxy groups -OCH3 is 2. The summed E-state index contributed by atoms with van der Waals surface area (Å²) < 4.78 is 15.3. The minimum absolute atomic E-state index is 0.367. The highest BCUT2D eigenvalue weighted by Gasteiger charge is 2.50. The van der Waals surface area contributed by atoms with E-state index in [0.717, 1.165) is 4.90 Å². The molecule has 1 N–H and O–H groups in total. The van der Waals surface area contributed by atoms with E-state index in [4.69, 9.17) is 14.2 Å². The molecular weight excluding hydrogens is 392 g/mol. The van der Waals surface area contributed by atoms with Crippen LogP contribution in [0.2, 0.25) is 0 Å². The van der Waals surface area contributed by atoms with Gasteiger partial charge in [0.05, 0.1) is 26.1 Å². The van der Waals surface area contributed by atoms with E-state index in [9.17, 15) is 19.2 Å². The van der Waals surface area contributed by atoms with Crippen molar-refractivity contribution in [3.8, 4) is 11.5 Å². The summed E-state index contributed by atoms with van der Waals surface area (Å²) in [5.41, 5.74) is 0.434. The number of allylic oxidation sites excluding steroid dienone is 2. The molecule has 30 heavy (non-hydrogen) atoms. The van der Waals surface area contributed by atoms with E-state index in [1.165, 1.54) is 21.1 Å². The number of imide groups is 1. The van der Waals surface area contributed by atoms with Crippen molar-refractivity contribution in [1.29, 1.82) is 0 Å². The van der Waals surface area contributed by atoms with Gasteiger partial charge in [0.15, 0.2) is 18.1 Å². The van der Waals surface area contributed by atoms with Crippen LogP contribution in [0.3, 0.4) is 0 Å². The lowest BCUT2D eigenvalue weighted by molar-refractivity contribution is -0.159. The standard InChI is InChI=1S/C21H24N2O7/c1-12(23-19(25)14-6-4-5-7-15(14)20(23)26)21(27)30-11-18(24)22-13-8-9-16(28-2)17(10-13)29-3/h4-5,8-10,12,14-15H,6-7,11H2,1-3H3,(H,22,24)/t12-,14-,15+/m0/s1. The zero-order chi connectivity index (χ0) is 21.8. The fourth-order valence-corrected chi connectivity index (χ4v) is 3.68. The van der Waals surface area contributed by atoms with E-state index >= 15 is 0 Å². The topological polar surface area (TPSA) is 111 Å². The van der Waals surface area contributed by atoms with Crippen LogP contribution in [0.4, 0.5) is 5.69 Å². The molecule has 0 saturated carbocycles. The Morgan fingerprint density at radius 2 is 1.67 bits per heavy atom. The number of fused-ring (bicyclic) bond motifs is 1. The Morgan fingerprint density at radius 3 is 2.23 bits per heavy atom. The Morgan fingerprint density at radius 1 is 1.07 bits per heavy atom. The van der Waals surface area contributed by atoms with Gasteiger partial charge in [-0.05, 0) is 31.9 Å². The molecule has 0 unspecified atom stereocenters. The summed E-state index contributed by atoms with van der Waals surface area (Å²) in [5.74, 6) is -2.03. The molecule has 9 heteroatoms. The Hall–Kier alpha value is -3.36. The highest BCUT2D eigenvalue weighted by molar-refractivity contribution is 6.08. The number of carbonyl (C=O) groups excluding carboxylic acids is 4. The largest absolute Gasteiger partial charge is 0.493 e. The predicted molar refractivity (Wildman–Crippen MR) is 106 cm³/mol. The van der Waals surface area contributed by atoms with Crippen LogP contribution in [-0.4, -0.2) is 55.5 Å². The SMILES string of the molecule is COc1ccc(NC(=O)COC(=O)[C@H](C)N2C(=O)[C@H]3CC=CC[C@H]3C2=O)cc1OC. The third-order valence-electron chi connectivity index (χ3n) is 5.28. The average Bonchev–Trinajstić information content (AvgIpc) is 3.01. The van der Waals surface area contributed by atoms with E-state index in [1.807, 2.05) is 12.2 Å². The van der Waals surface area contributed by atoms with Gasteiger partial charge in [0.2, 0.25) is 11.8 Å². The summed E-state index contributed by atoms with van der Waals surface area (Å²) in [6, 6.07) is 3.71. The number of ether oxygens (including phenoxy) is 3. The fraction of sp³-hybridized carbons (Fsp3) is 0.429. The molecule has 3 atom stereocenters.